The number of fused-ring (bicyclic) bond motifs is 1. The molecule has 3 atom stereocenters. The number of benzene rings is 2. The van der Waals surface area contributed by atoms with E-state index < -0.39 is 5.60 Å². The normalized spacial score (nSPS) is 27.6. The van der Waals surface area contributed by atoms with Crippen LogP contribution in [0.2, 0.25) is 0 Å². The summed E-state index contributed by atoms with van der Waals surface area (Å²) in [6.07, 6.45) is 1.54. The van der Waals surface area contributed by atoms with Crippen molar-refractivity contribution in [3.8, 4) is 5.75 Å². The molecule has 4 nitrogen and oxygen atoms in total. The summed E-state index contributed by atoms with van der Waals surface area (Å²) in [7, 11) is 1.62. The number of methoxy groups -OCH3 is 1. The first kappa shape index (κ1) is 17.3. The Hall–Kier alpha value is -2.17. The highest BCUT2D eigenvalue weighted by atomic mass is 16.5. The molecule has 0 bridgehead atoms. The Labute approximate surface area is 154 Å². The predicted octanol–water partition coefficient (Wildman–Crippen LogP) is 2.80. The lowest BCUT2D eigenvalue weighted by Crippen LogP contribution is -2.55. The molecule has 0 amide bonds. The molecule has 2 fully saturated rings. The first-order valence-electron chi connectivity index (χ1n) is 9.23. The number of ketones is 1. The number of carbonyl (C=O) groups excluding carboxylic acids is 1. The van der Waals surface area contributed by atoms with E-state index in [0.29, 0.717) is 24.4 Å². The first-order chi connectivity index (χ1) is 12.6. The van der Waals surface area contributed by atoms with E-state index in [4.69, 9.17) is 4.74 Å². The summed E-state index contributed by atoms with van der Waals surface area (Å²) < 4.78 is 5.14. The van der Waals surface area contributed by atoms with Gasteiger partial charge in [-0.1, -0.05) is 30.3 Å². The van der Waals surface area contributed by atoms with Gasteiger partial charge < -0.3 is 9.84 Å². The molecule has 0 aromatic heterocycles. The fourth-order valence-electron chi connectivity index (χ4n) is 4.57. The lowest BCUT2D eigenvalue weighted by Gasteiger charge is -2.48. The van der Waals surface area contributed by atoms with Gasteiger partial charge in [-0.3, -0.25) is 9.69 Å². The highest BCUT2D eigenvalue weighted by Gasteiger charge is 2.56. The van der Waals surface area contributed by atoms with Gasteiger partial charge in [-0.05, 0) is 42.2 Å². The monoisotopic (exact) mass is 351 g/mol. The maximum Gasteiger partial charge on any atom is 0.176 e. The van der Waals surface area contributed by atoms with Crippen molar-refractivity contribution in [2.24, 2.45) is 11.8 Å². The van der Waals surface area contributed by atoms with Gasteiger partial charge in [0.05, 0.1) is 19.3 Å². The van der Waals surface area contributed by atoms with Crippen LogP contribution in [0.1, 0.15) is 22.3 Å². The van der Waals surface area contributed by atoms with E-state index in [1.54, 1.807) is 7.11 Å². The smallest absolute Gasteiger partial charge is 0.176 e. The van der Waals surface area contributed by atoms with E-state index in [2.05, 4.69) is 17.0 Å². The van der Waals surface area contributed by atoms with E-state index in [9.17, 15) is 9.90 Å². The van der Waals surface area contributed by atoms with Crippen molar-refractivity contribution in [3.05, 3.63) is 65.7 Å². The maximum atomic E-state index is 12.5. The number of carbonyl (C=O) groups is 1. The van der Waals surface area contributed by atoms with Gasteiger partial charge in [-0.2, -0.15) is 0 Å². The second kappa shape index (κ2) is 6.86. The van der Waals surface area contributed by atoms with E-state index in [1.165, 1.54) is 5.56 Å². The van der Waals surface area contributed by atoms with Crippen LogP contribution in [0.5, 0.6) is 5.75 Å². The van der Waals surface area contributed by atoms with E-state index >= 15 is 0 Å². The van der Waals surface area contributed by atoms with Crippen molar-refractivity contribution < 1.29 is 14.6 Å². The molecule has 2 aliphatic rings. The number of hydrogen-bond donors (Lipinski definition) is 1. The minimum absolute atomic E-state index is 0.126. The van der Waals surface area contributed by atoms with Gasteiger partial charge in [-0.25, -0.2) is 0 Å². The summed E-state index contributed by atoms with van der Waals surface area (Å²) >= 11 is 0. The number of ether oxygens (including phenoxy) is 1. The zero-order valence-electron chi connectivity index (χ0n) is 15.1. The zero-order chi connectivity index (χ0) is 18.1. The number of Topliss-reactive ketones (excluding diaryl/α,β-unsaturated/α-hetero) is 1. The summed E-state index contributed by atoms with van der Waals surface area (Å²) in [6, 6.07) is 17.5. The molecule has 4 rings (SSSR count). The number of hydrogen-bond acceptors (Lipinski definition) is 4. The Morgan fingerprint density at radius 3 is 2.58 bits per heavy atom. The standard InChI is InChI=1S/C22H25NO3/c1-26-19-9-7-17(8-10-19)21(24)15-23-13-18-12-22(25,20(18)14-23)11-16-5-3-2-4-6-16/h2-10,18,20,25H,11-15H2,1H3/t18-,20+,22-/m1/s1. The molecule has 1 heterocycles. The van der Waals surface area contributed by atoms with E-state index in [0.717, 1.165) is 25.3 Å². The maximum absolute atomic E-state index is 12.5. The molecule has 2 aromatic carbocycles. The third kappa shape index (κ3) is 3.27. The molecule has 136 valence electrons. The number of likely N-dealkylation sites (tertiary alicyclic amines) is 1. The summed E-state index contributed by atoms with van der Waals surface area (Å²) in [5.41, 5.74) is 1.27. The molecule has 0 radical (unpaired) electrons. The molecule has 4 heteroatoms. The van der Waals surface area contributed by atoms with Crippen LogP contribution >= 0.6 is 0 Å². The highest BCUT2D eigenvalue weighted by Crippen LogP contribution is 2.50. The van der Waals surface area contributed by atoms with Crippen molar-refractivity contribution in [2.75, 3.05) is 26.7 Å². The van der Waals surface area contributed by atoms with Crippen molar-refractivity contribution in [1.29, 1.82) is 0 Å². The summed E-state index contributed by atoms with van der Waals surface area (Å²) in [5.74, 6) is 1.66. The summed E-state index contributed by atoms with van der Waals surface area (Å²) in [5, 5.41) is 11.0. The van der Waals surface area contributed by atoms with Crippen molar-refractivity contribution in [3.63, 3.8) is 0 Å². The van der Waals surface area contributed by atoms with Gasteiger partial charge in [0.1, 0.15) is 5.75 Å². The average molecular weight is 351 g/mol. The Morgan fingerprint density at radius 2 is 1.88 bits per heavy atom. The molecule has 26 heavy (non-hydrogen) atoms. The van der Waals surface area contributed by atoms with Crippen molar-refractivity contribution >= 4 is 5.78 Å². The summed E-state index contributed by atoms with van der Waals surface area (Å²) in [6.45, 7) is 2.13. The second-order valence-electron chi connectivity index (χ2n) is 7.68. The Morgan fingerprint density at radius 1 is 1.15 bits per heavy atom. The highest BCUT2D eigenvalue weighted by molar-refractivity contribution is 5.97. The lowest BCUT2D eigenvalue weighted by molar-refractivity contribution is -0.116. The Kier molecular flexibility index (Phi) is 4.55. The molecule has 0 spiro atoms. The summed E-state index contributed by atoms with van der Waals surface area (Å²) in [4.78, 5) is 14.7. The predicted molar refractivity (Wildman–Crippen MR) is 100 cm³/mol. The Bertz CT molecular complexity index is 774. The molecular formula is C22H25NO3. The molecule has 1 N–H and O–H groups in total. The third-order valence-electron chi connectivity index (χ3n) is 5.95. The molecule has 1 aliphatic carbocycles. The molecular weight excluding hydrogens is 326 g/mol. The molecule has 0 unspecified atom stereocenters. The van der Waals surface area contributed by atoms with Crippen molar-refractivity contribution in [1.82, 2.24) is 4.90 Å². The van der Waals surface area contributed by atoms with Crippen LogP contribution < -0.4 is 4.74 Å². The van der Waals surface area contributed by atoms with Crippen molar-refractivity contribution in [2.45, 2.75) is 18.4 Å². The SMILES string of the molecule is COc1ccc(C(=O)CN2C[C@H]3C[C@](O)(Cc4ccccc4)[C@H]3C2)cc1. The third-order valence-corrected chi connectivity index (χ3v) is 5.95. The van der Waals surface area contributed by atoms with Crippen LogP contribution in [0.15, 0.2) is 54.6 Å². The zero-order valence-corrected chi connectivity index (χ0v) is 15.1. The fourth-order valence-corrected chi connectivity index (χ4v) is 4.57. The first-order valence-corrected chi connectivity index (χ1v) is 9.23. The fraction of sp³-hybridized carbons (Fsp3) is 0.409. The molecule has 2 aromatic rings. The largest absolute Gasteiger partial charge is 0.497 e. The number of aliphatic hydroxyl groups is 1. The van der Waals surface area contributed by atoms with Crippen LogP contribution in [0, 0.1) is 11.8 Å². The Balaban J connectivity index is 1.36. The number of nitrogens with zero attached hydrogens (tertiary/aromatic N) is 1. The number of rotatable bonds is 6. The topological polar surface area (TPSA) is 49.8 Å². The van der Waals surface area contributed by atoms with Gasteiger partial charge in [0, 0.05) is 31.0 Å². The second-order valence-corrected chi connectivity index (χ2v) is 7.68. The van der Waals surface area contributed by atoms with E-state index in [1.807, 2.05) is 42.5 Å². The quantitative estimate of drug-likeness (QED) is 0.813. The average Bonchev–Trinajstić information content (AvgIpc) is 3.00. The van der Waals surface area contributed by atoms with Gasteiger partial charge in [0.25, 0.3) is 0 Å². The van der Waals surface area contributed by atoms with Gasteiger partial charge in [0.2, 0.25) is 0 Å². The van der Waals surface area contributed by atoms with Gasteiger partial charge >= 0.3 is 0 Å². The van der Waals surface area contributed by atoms with Gasteiger partial charge in [0.15, 0.2) is 5.78 Å². The lowest BCUT2D eigenvalue weighted by atomic mass is 9.61. The van der Waals surface area contributed by atoms with Crippen LogP contribution in [0.3, 0.4) is 0 Å². The van der Waals surface area contributed by atoms with E-state index in [-0.39, 0.29) is 11.7 Å². The van der Waals surface area contributed by atoms with Gasteiger partial charge in [-0.15, -0.1) is 0 Å². The van der Waals surface area contributed by atoms with Crippen LogP contribution in [-0.2, 0) is 6.42 Å². The minimum atomic E-state index is -0.621. The van der Waals surface area contributed by atoms with Crippen LogP contribution in [-0.4, -0.2) is 48.1 Å². The van der Waals surface area contributed by atoms with Crippen LogP contribution in [0.4, 0.5) is 0 Å². The minimum Gasteiger partial charge on any atom is -0.497 e. The molecule has 1 saturated carbocycles. The van der Waals surface area contributed by atoms with Crippen LogP contribution in [0.25, 0.3) is 0 Å². The molecule has 1 aliphatic heterocycles. The molecule has 1 saturated heterocycles.